The smallest absolute Gasteiger partial charge is 0.309 e. The van der Waals surface area contributed by atoms with Crippen LogP contribution in [0.2, 0.25) is 0 Å². The number of halogens is 1. The van der Waals surface area contributed by atoms with Crippen molar-refractivity contribution in [3.63, 3.8) is 0 Å². The first kappa shape index (κ1) is 13.8. The Morgan fingerprint density at radius 2 is 1.89 bits per heavy atom. The zero-order valence-electron chi connectivity index (χ0n) is 11.0. The van der Waals surface area contributed by atoms with Gasteiger partial charge in [-0.15, -0.1) is 0 Å². The third kappa shape index (κ3) is 2.71. The van der Waals surface area contributed by atoms with Crippen LogP contribution in [0.15, 0.2) is 16.6 Å². The van der Waals surface area contributed by atoms with Gasteiger partial charge in [-0.2, -0.15) is 5.10 Å². The highest BCUT2D eigenvalue weighted by Crippen LogP contribution is 2.34. The van der Waals surface area contributed by atoms with E-state index in [4.69, 9.17) is 5.11 Å². The summed E-state index contributed by atoms with van der Waals surface area (Å²) in [4.78, 5) is 10.8. The molecule has 1 heterocycles. The Morgan fingerprint density at radius 1 is 1.32 bits per heavy atom. The Labute approximate surface area is 120 Å². The molecule has 0 amide bonds. The van der Waals surface area contributed by atoms with Crippen LogP contribution in [0.4, 0.5) is 0 Å². The zero-order valence-corrected chi connectivity index (χ0v) is 12.6. The quantitative estimate of drug-likeness (QED) is 0.910. The number of H-pyrrole nitrogens is 1. The number of nitrogens with zero attached hydrogens (tertiary/aromatic N) is 1. The number of aryl methyl sites for hydroxylation is 3. The van der Waals surface area contributed by atoms with E-state index in [0.717, 1.165) is 26.9 Å². The van der Waals surface area contributed by atoms with Crippen molar-refractivity contribution in [3.8, 4) is 11.3 Å². The second kappa shape index (κ2) is 5.17. The summed E-state index contributed by atoms with van der Waals surface area (Å²) in [5, 5.41) is 15.9. The van der Waals surface area contributed by atoms with Gasteiger partial charge in [-0.25, -0.2) is 0 Å². The molecule has 0 bridgehead atoms. The fourth-order valence-corrected chi connectivity index (χ4v) is 2.87. The van der Waals surface area contributed by atoms with Crippen molar-refractivity contribution in [2.24, 2.45) is 0 Å². The van der Waals surface area contributed by atoms with Crippen molar-refractivity contribution in [3.05, 3.63) is 39.0 Å². The lowest BCUT2D eigenvalue weighted by Gasteiger charge is -2.09. The van der Waals surface area contributed by atoms with E-state index in [1.165, 1.54) is 5.56 Å². The molecular weight excluding hydrogens is 308 g/mol. The van der Waals surface area contributed by atoms with Gasteiger partial charge < -0.3 is 5.11 Å². The molecule has 2 rings (SSSR count). The monoisotopic (exact) mass is 322 g/mol. The van der Waals surface area contributed by atoms with Gasteiger partial charge in [0.25, 0.3) is 0 Å². The third-order valence-electron chi connectivity index (χ3n) is 3.02. The van der Waals surface area contributed by atoms with E-state index >= 15 is 0 Å². The highest BCUT2D eigenvalue weighted by molar-refractivity contribution is 9.10. The van der Waals surface area contributed by atoms with Crippen LogP contribution in [0, 0.1) is 20.8 Å². The summed E-state index contributed by atoms with van der Waals surface area (Å²) >= 11 is 3.45. The van der Waals surface area contributed by atoms with E-state index in [0.29, 0.717) is 5.69 Å². The van der Waals surface area contributed by atoms with Crippen LogP contribution in [0.25, 0.3) is 11.3 Å². The van der Waals surface area contributed by atoms with Gasteiger partial charge >= 0.3 is 5.97 Å². The summed E-state index contributed by atoms with van der Waals surface area (Å²) in [6.45, 7) is 6.12. The lowest BCUT2D eigenvalue weighted by atomic mass is 9.97. The molecule has 4 nitrogen and oxygen atoms in total. The standard InChI is InChI=1S/C14H15BrN2O2/c1-7-4-8(2)12(9(3)5-7)14-13(15)10(16-17-14)6-11(18)19/h4-5H,6H2,1-3H3,(H,16,17)(H,18,19). The first-order chi connectivity index (χ1) is 8.90. The molecule has 19 heavy (non-hydrogen) atoms. The number of benzene rings is 1. The molecule has 1 aromatic heterocycles. The van der Waals surface area contributed by atoms with Gasteiger partial charge in [0.05, 0.1) is 16.6 Å². The number of nitrogens with one attached hydrogen (secondary N) is 1. The Hall–Kier alpha value is -1.62. The predicted molar refractivity (Wildman–Crippen MR) is 77.3 cm³/mol. The molecule has 100 valence electrons. The van der Waals surface area contributed by atoms with Crippen LogP contribution in [-0.2, 0) is 11.2 Å². The molecule has 0 aliphatic rings. The van der Waals surface area contributed by atoms with Crippen LogP contribution < -0.4 is 0 Å². The van der Waals surface area contributed by atoms with Gasteiger partial charge in [-0.3, -0.25) is 9.89 Å². The van der Waals surface area contributed by atoms with Gasteiger partial charge in [0, 0.05) is 5.56 Å². The van der Waals surface area contributed by atoms with Crippen molar-refractivity contribution < 1.29 is 9.90 Å². The lowest BCUT2D eigenvalue weighted by Crippen LogP contribution is -2.00. The number of carboxylic acids is 1. The summed E-state index contributed by atoms with van der Waals surface area (Å²) in [6.07, 6.45) is -0.0719. The van der Waals surface area contributed by atoms with Gasteiger partial charge in [0.2, 0.25) is 0 Å². The fourth-order valence-electron chi connectivity index (χ4n) is 2.35. The van der Waals surface area contributed by atoms with Crippen LogP contribution in [0.5, 0.6) is 0 Å². The molecule has 0 aliphatic heterocycles. The minimum Gasteiger partial charge on any atom is -0.481 e. The number of aromatic nitrogens is 2. The molecule has 0 spiro atoms. The van der Waals surface area contributed by atoms with Gasteiger partial charge in [-0.05, 0) is 47.8 Å². The van der Waals surface area contributed by atoms with Crippen LogP contribution >= 0.6 is 15.9 Å². The SMILES string of the molecule is Cc1cc(C)c(-c2n[nH]c(CC(=O)O)c2Br)c(C)c1. The molecule has 1 aromatic carbocycles. The molecule has 0 fully saturated rings. The third-order valence-corrected chi connectivity index (χ3v) is 3.87. The second-order valence-electron chi connectivity index (χ2n) is 4.71. The topological polar surface area (TPSA) is 66.0 Å². The highest BCUT2D eigenvalue weighted by atomic mass is 79.9. The fraction of sp³-hybridized carbons (Fsp3) is 0.286. The van der Waals surface area contributed by atoms with Crippen molar-refractivity contribution >= 4 is 21.9 Å². The molecule has 5 heteroatoms. The second-order valence-corrected chi connectivity index (χ2v) is 5.50. The minimum atomic E-state index is -0.881. The largest absolute Gasteiger partial charge is 0.481 e. The van der Waals surface area contributed by atoms with E-state index in [1.807, 2.05) is 13.8 Å². The first-order valence-electron chi connectivity index (χ1n) is 5.93. The number of carbonyl (C=O) groups is 1. The number of carboxylic acid groups (broad SMARTS) is 1. The molecule has 0 saturated heterocycles. The molecule has 0 atom stereocenters. The first-order valence-corrected chi connectivity index (χ1v) is 6.72. The Balaban J connectivity index is 2.54. The highest BCUT2D eigenvalue weighted by Gasteiger charge is 2.17. The average Bonchev–Trinajstić information content (AvgIpc) is 2.60. The molecular formula is C14H15BrN2O2. The minimum absolute atomic E-state index is 0.0719. The molecule has 0 saturated carbocycles. The van der Waals surface area contributed by atoms with E-state index in [9.17, 15) is 4.79 Å². The van der Waals surface area contributed by atoms with Crippen LogP contribution in [0.1, 0.15) is 22.4 Å². The van der Waals surface area contributed by atoms with E-state index in [-0.39, 0.29) is 6.42 Å². The average molecular weight is 323 g/mol. The normalized spacial score (nSPS) is 10.7. The Morgan fingerprint density at radius 3 is 2.42 bits per heavy atom. The van der Waals surface area contributed by atoms with Crippen molar-refractivity contribution in [2.75, 3.05) is 0 Å². The molecule has 0 radical (unpaired) electrons. The number of hydrogen-bond acceptors (Lipinski definition) is 2. The van der Waals surface area contributed by atoms with E-state index in [1.54, 1.807) is 0 Å². The summed E-state index contributed by atoms with van der Waals surface area (Å²) in [7, 11) is 0. The molecule has 2 aromatic rings. The molecule has 0 aliphatic carbocycles. The Bertz CT molecular complexity index is 624. The maximum atomic E-state index is 10.8. The van der Waals surface area contributed by atoms with Crippen LogP contribution in [0.3, 0.4) is 0 Å². The maximum absolute atomic E-state index is 10.8. The zero-order chi connectivity index (χ0) is 14.2. The van der Waals surface area contributed by atoms with Gasteiger partial charge in [0.1, 0.15) is 5.69 Å². The van der Waals surface area contributed by atoms with E-state index < -0.39 is 5.97 Å². The summed E-state index contributed by atoms with van der Waals surface area (Å²) in [6, 6.07) is 4.20. The van der Waals surface area contributed by atoms with E-state index in [2.05, 4.69) is 45.2 Å². The summed E-state index contributed by atoms with van der Waals surface area (Å²) < 4.78 is 0.727. The Kier molecular flexibility index (Phi) is 3.75. The van der Waals surface area contributed by atoms with Gasteiger partial charge in [-0.1, -0.05) is 17.7 Å². The maximum Gasteiger partial charge on any atom is 0.309 e. The number of hydrogen-bond donors (Lipinski definition) is 2. The number of aliphatic carboxylic acids is 1. The predicted octanol–water partition coefficient (Wildman–Crippen LogP) is 3.39. The number of rotatable bonds is 3. The molecule has 0 unspecified atom stereocenters. The van der Waals surface area contributed by atoms with Crippen LogP contribution in [-0.4, -0.2) is 21.3 Å². The van der Waals surface area contributed by atoms with Crippen molar-refractivity contribution in [2.45, 2.75) is 27.2 Å². The van der Waals surface area contributed by atoms with Crippen molar-refractivity contribution in [1.29, 1.82) is 0 Å². The van der Waals surface area contributed by atoms with Gasteiger partial charge in [0.15, 0.2) is 0 Å². The summed E-state index contributed by atoms with van der Waals surface area (Å²) in [5.74, 6) is -0.881. The van der Waals surface area contributed by atoms with Crippen molar-refractivity contribution in [1.82, 2.24) is 10.2 Å². The molecule has 2 N–H and O–H groups in total. The summed E-state index contributed by atoms with van der Waals surface area (Å²) in [5.41, 5.74) is 5.87. The number of aromatic amines is 1. The lowest BCUT2D eigenvalue weighted by molar-refractivity contribution is -0.136.